The predicted octanol–water partition coefficient (Wildman–Crippen LogP) is 3.05. The van der Waals surface area contributed by atoms with Crippen LogP contribution in [-0.4, -0.2) is 35.8 Å². The summed E-state index contributed by atoms with van der Waals surface area (Å²) in [5, 5.41) is 8.99. The first-order valence-corrected chi connectivity index (χ1v) is 8.34. The first kappa shape index (κ1) is 15.3. The van der Waals surface area contributed by atoms with E-state index in [0.29, 0.717) is 13.2 Å². The summed E-state index contributed by atoms with van der Waals surface area (Å²) in [5.74, 6) is 2.25. The molecule has 1 aliphatic heterocycles. The van der Waals surface area contributed by atoms with Crippen LogP contribution in [0.1, 0.15) is 31.2 Å². The standard InChI is InChI=1S/C18H25NO3/c20-11-8-16-12-17(16)15-6-9-19(10-7-15)18(21)22-13-14-4-2-1-3-5-14/h1-5,15-17,20H,6-13H2/t16-,17+/m0/s1. The molecule has 0 unspecified atom stereocenters. The summed E-state index contributed by atoms with van der Waals surface area (Å²) in [7, 11) is 0. The first-order chi connectivity index (χ1) is 10.8. The zero-order valence-corrected chi connectivity index (χ0v) is 13.0. The van der Waals surface area contributed by atoms with Crippen molar-refractivity contribution in [3.05, 3.63) is 35.9 Å². The van der Waals surface area contributed by atoms with Gasteiger partial charge in [-0.05, 0) is 49.0 Å². The highest BCUT2D eigenvalue weighted by Gasteiger charge is 2.43. The molecule has 0 spiro atoms. The Morgan fingerprint density at radius 2 is 1.95 bits per heavy atom. The molecule has 0 radical (unpaired) electrons. The number of aliphatic hydroxyl groups is 1. The number of aliphatic hydroxyl groups excluding tert-OH is 1. The third-order valence-electron chi connectivity index (χ3n) is 5.09. The topological polar surface area (TPSA) is 49.8 Å². The number of amides is 1. The molecule has 1 N–H and O–H groups in total. The zero-order chi connectivity index (χ0) is 15.4. The van der Waals surface area contributed by atoms with Gasteiger partial charge in [0.05, 0.1) is 0 Å². The van der Waals surface area contributed by atoms with E-state index < -0.39 is 0 Å². The van der Waals surface area contributed by atoms with E-state index in [2.05, 4.69) is 0 Å². The molecule has 1 aromatic rings. The predicted molar refractivity (Wildman–Crippen MR) is 84.2 cm³/mol. The van der Waals surface area contributed by atoms with E-state index in [1.54, 1.807) is 0 Å². The van der Waals surface area contributed by atoms with Gasteiger partial charge in [0.1, 0.15) is 6.61 Å². The van der Waals surface area contributed by atoms with Crippen LogP contribution in [0.2, 0.25) is 0 Å². The SMILES string of the molecule is O=C(OCc1ccccc1)N1CCC([C@H]2C[C@@H]2CCO)CC1. The Morgan fingerprint density at radius 3 is 2.64 bits per heavy atom. The minimum Gasteiger partial charge on any atom is -0.445 e. The number of nitrogens with zero attached hydrogens (tertiary/aromatic N) is 1. The van der Waals surface area contributed by atoms with Gasteiger partial charge in [0.25, 0.3) is 0 Å². The molecule has 1 aliphatic carbocycles. The number of hydrogen-bond acceptors (Lipinski definition) is 3. The summed E-state index contributed by atoms with van der Waals surface area (Å²) in [6, 6.07) is 9.79. The minimum atomic E-state index is -0.190. The van der Waals surface area contributed by atoms with Crippen molar-refractivity contribution in [2.24, 2.45) is 17.8 Å². The molecule has 1 heterocycles. The molecule has 1 amide bonds. The van der Waals surface area contributed by atoms with Crippen LogP contribution in [0.5, 0.6) is 0 Å². The highest BCUT2D eigenvalue weighted by molar-refractivity contribution is 5.67. The van der Waals surface area contributed by atoms with Crippen molar-refractivity contribution in [2.45, 2.75) is 32.3 Å². The van der Waals surface area contributed by atoms with Crippen LogP contribution in [0, 0.1) is 17.8 Å². The average molecular weight is 303 g/mol. The second-order valence-electron chi connectivity index (χ2n) is 6.54. The van der Waals surface area contributed by atoms with Gasteiger partial charge in [0.15, 0.2) is 0 Å². The molecule has 120 valence electrons. The maximum atomic E-state index is 12.1. The number of hydrogen-bond donors (Lipinski definition) is 1. The lowest BCUT2D eigenvalue weighted by atomic mass is 9.91. The molecule has 2 fully saturated rings. The van der Waals surface area contributed by atoms with Crippen LogP contribution in [0.4, 0.5) is 4.79 Å². The van der Waals surface area contributed by atoms with Gasteiger partial charge in [-0.2, -0.15) is 0 Å². The monoisotopic (exact) mass is 303 g/mol. The van der Waals surface area contributed by atoms with Gasteiger partial charge in [-0.3, -0.25) is 0 Å². The van der Waals surface area contributed by atoms with Gasteiger partial charge in [-0.25, -0.2) is 4.79 Å². The van der Waals surface area contributed by atoms with Crippen molar-refractivity contribution in [3.63, 3.8) is 0 Å². The largest absolute Gasteiger partial charge is 0.445 e. The minimum absolute atomic E-state index is 0.190. The maximum Gasteiger partial charge on any atom is 0.410 e. The number of likely N-dealkylation sites (tertiary alicyclic amines) is 1. The maximum absolute atomic E-state index is 12.1. The van der Waals surface area contributed by atoms with Gasteiger partial charge in [0.2, 0.25) is 0 Å². The molecule has 1 aromatic carbocycles. The summed E-state index contributed by atoms with van der Waals surface area (Å²) in [6.07, 6.45) is 4.18. The second kappa shape index (κ2) is 7.14. The van der Waals surface area contributed by atoms with E-state index in [0.717, 1.165) is 55.7 Å². The Bertz CT molecular complexity index is 482. The lowest BCUT2D eigenvalue weighted by molar-refractivity contribution is 0.0795. The molecule has 0 bridgehead atoms. The van der Waals surface area contributed by atoms with Gasteiger partial charge in [-0.1, -0.05) is 30.3 Å². The third kappa shape index (κ3) is 3.80. The van der Waals surface area contributed by atoms with Crippen LogP contribution in [-0.2, 0) is 11.3 Å². The molecule has 4 heteroatoms. The van der Waals surface area contributed by atoms with Gasteiger partial charge in [0, 0.05) is 19.7 Å². The molecule has 1 saturated heterocycles. The first-order valence-electron chi connectivity index (χ1n) is 8.34. The Morgan fingerprint density at radius 1 is 1.23 bits per heavy atom. The molecule has 22 heavy (non-hydrogen) atoms. The Balaban J connectivity index is 1.39. The van der Waals surface area contributed by atoms with Crippen LogP contribution in [0.3, 0.4) is 0 Å². The zero-order valence-electron chi connectivity index (χ0n) is 13.0. The lowest BCUT2D eigenvalue weighted by Gasteiger charge is -2.31. The van der Waals surface area contributed by atoms with E-state index in [4.69, 9.17) is 9.84 Å². The van der Waals surface area contributed by atoms with E-state index in [9.17, 15) is 4.79 Å². The van der Waals surface area contributed by atoms with Crippen molar-refractivity contribution >= 4 is 6.09 Å². The summed E-state index contributed by atoms with van der Waals surface area (Å²) in [4.78, 5) is 13.9. The van der Waals surface area contributed by atoms with E-state index in [-0.39, 0.29) is 6.09 Å². The molecule has 2 atom stereocenters. The van der Waals surface area contributed by atoms with Crippen molar-refractivity contribution in [2.75, 3.05) is 19.7 Å². The molecule has 0 aromatic heterocycles. The number of piperidine rings is 1. The molecular formula is C18H25NO3. The van der Waals surface area contributed by atoms with Gasteiger partial charge in [-0.15, -0.1) is 0 Å². The number of benzene rings is 1. The molecule has 1 saturated carbocycles. The van der Waals surface area contributed by atoms with Crippen molar-refractivity contribution < 1.29 is 14.6 Å². The highest BCUT2D eigenvalue weighted by atomic mass is 16.6. The van der Waals surface area contributed by atoms with Gasteiger partial charge < -0.3 is 14.7 Å². The normalized spacial score (nSPS) is 25.0. The van der Waals surface area contributed by atoms with Crippen molar-refractivity contribution in [3.8, 4) is 0 Å². The van der Waals surface area contributed by atoms with Crippen LogP contribution in [0.25, 0.3) is 0 Å². The van der Waals surface area contributed by atoms with Crippen molar-refractivity contribution in [1.29, 1.82) is 0 Å². The summed E-state index contributed by atoms with van der Waals surface area (Å²) < 4.78 is 5.39. The molecule has 4 nitrogen and oxygen atoms in total. The lowest BCUT2D eigenvalue weighted by Crippen LogP contribution is -2.39. The third-order valence-corrected chi connectivity index (χ3v) is 5.09. The summed E-state index contributed by atoms with van der Waals surface area (Å²) >= 11 is 0. The second-order valence-corrected chi connectivity index (χ2v) is 6.54. The van der Waals surface area contributed by atoms with Crippen LogP contribution >= 0.6 is 0 Å². The number of rotatable bonds is 5. The Hall–Kier alpha value is -1.55. The summed E-state index contributed by atoms with van der Waals surface area (Å²) in [6.45, 7) is 2.27. The van der Waals surface area contributed by atoms with Crippen molar-refractivity contribution in [1.82, 2.24) is 4.90 Å². The smallest absolute Gasteiger partial charge is 0.410 e. The fraction of sp³-hybridized carbons (Fsp3) is 0.611. The van der Waals surface area contributed by atoms with Crippen LogP contribution in [0.15, 0.2) is 30.3 Å². The summed E-state index contributed by atoms with van der Waals surface area (Å²) in [5.41, 5.74) is 1.02. The number of carbonyl (C=O) groups excluding carboxylic acids is 1. The Labute approximate surface area is 132 Å². The highest BCUT2D eigenvalue weighted by Crippen LogP contribution is 2.49. The van der Waals surface area contributed by atoms with E-state index in [1.165, 1.54) is 6.42 Å². The fourth-order valence-electron chi connectivity index (χ4n) is 3.67. The fourth-order valence-corrected chi connectivity index (χ4v) is 3.67. The number of ether oxygens (including phenoxy) is 1. The molecular weight excluding hydrogens is 278 g/mol. The Kier molecular flexibility index (Phi) is 4.98. The molecule has 2 aliphatic rings. The van der Waals surface area contributed by atoms with E-state index in [1.807, 2.05) is 35.2 Å². The average Bonchev–Trinajstić information content (AvgIpc) is 3.33. The van der Waals surface area contributed by atoms with E-state index >= 15 is 0 Å². The van der Waals surface area contributed by atoms with Crippen LogP contribution < -0.4 is 0 Å². The number of carbonyl (C=O) groups is 1. The van der Waals surface area contributed by atoms with Gasteiger partial charge >= 0.3 is 6.09 Å². The molecule has 3 rings (SSSR count). The quantitative estimate of drug-likeness (QED) is 0.909.